The van der Waals surface area contributed by atoms with Crippen LogP contribution in [0.15, 0.2) is 36.4 Å². The van der Waals surface area contributed by atoms with E-state index in [1.54, 1.807) is 7.11 Å². The van der Waals surface area contributed by atoms with Crippen LogP contribution < -0.4 is 4.74 Å². The molecule has 104 valence electrons. The van der Waals surface area contributed by atoms with Gasteiger partial charge in [0.15, 0.2) is 0 Å². The van der Waals surface area contributed by atoms with Crippen molar-refractivity contribution in [1.82, 2.24) is 4.90 Å². The molecule has 1 aromatic carbocycles. The summed E-state index contributed by atoms with van der Waals surface area (Å²) >= 11 is 0. The summed E-state index contributed by atoms with van der Waals surface area (Å²) in [6.45, 7) is 5.35. The highest BCUT2D eigenvalue weighted by Crippen LogP contribution is 2.40. The van der Waals surface area contributed by atoms with Gasteiger partial charge in [0.05, 0.1) is 7.11 Å². The summed E-state index contributed by atoms with van der Waals surface area (Å²) in [4.78, 5) is 2.30. The fourth-order valence-corrected chi connectivity index (χ4v) is 3.12. The first-order valence-electron chi connectivity index (χ1n) is 7.05. The molecule has 0 amide bonds. The molecule has 0 heterocycles. The van der Waals surface area contributed by atoms with Gasteiger partial charge < -0.3 is 9.64 Å². The molecule has 0 N–H and O–H groups in total. The molecule has 1 aliphatic carbocycles. The molecule has 0 aromatic heterocycles. The molecule has 2 heteroatoms. The average Bonchev–Trinajstić information content (AvgIpc) is 2.40. The van der Waals surface area contributed by atoms with E-state index in [0.29, 0.717) is 11.8 Å². The van der Waals surface area contributed by atoms with Gasteiger partial charge in [-0.3, -0.25) is 0 Å². The largest absolute Gasteiger partial charge is 0.497 e. The molecule has 0 aliphatic heterocycles. The van der Waals surface area contributed by atoms with E-state index in [0.717, 1.165) is 18.7 Å². The molecule has 2 nitrogen and oxygen atoms in total. The van der Waals surface area contributed by atoms with Gasteiger partial charge in [-0.2, -0.15) is 0 Å². The highest BCUT2D eigenvalue weighted by atomic mass is 16.5. The Bertz CT molecular complexity index is 439. The van der Waals surface area contributed by atoms with Crippen molar-refractivity contribution in [2.75, 3.05) is 27.7 Å². The van der Waals surface area contributed by atoms with Gasteiger partial charge in [-0.05, 0) is 62.9 Å². The van der Waals surface area contributed by atoms with Crippen LogP contribution in [-0.2, 0) is 0 Å². The third-order valence-electron chi connectivity index (χ3n) is 4.07. The maximum absolute atomic E-state index is 5.36. The SMILES string of the molecule is C=C1CCC(CN(C)C)C(c2cccc(OC)c2)C1. The summed E-state index contributed by atoms with van der Waals surface area (Å²) in [5.41, 5.74) is 2.79. The first-order chi connectivity index (χ1) is 9.10. The van der Waals surface area contributed by atoms with E-state index in [1.165, 1.54) is 24.0 Å². The molecular formula is C17H25NO. The third-order valence-corrected chi connectivity index (χ3v) is 4.07. The molecule has 1 aromatic rings. The number of methoxy groups -OCH3 is 1. The van der Waals surface area contributed by atoms with E-state index in [4.69, 9.17) is 4.74 Å². The Balaban J connectivity index is 2.22. The van der Waals surface area contributed by atoms with Crippen LogP contribution in [0.1, 0.15) is 30.7 Å². The molecule has 19 heavy (non-hydrogen) atoms. The first-order valence-corrected chi connectivity index (χ1v) is 7.05. The van der Waals surface area contributed by atoms with Crippen LogP contribution in [-0.4, -0.2) is 32.6 Å². The minimum Gasteiger partial charge on any atom is -0.497 e. The second kappa shape index (κ2) is 6.25. The number of ether oxygens (including phenoxy) is 1. The fourth-order valence-electron chi connectivity index (χ4n) is 3.12. The van der Waals surface area contributed by atoms with Gasteiger partial charge in [0, 0.05) is 6.54 Å². The van der Waals surface area contributed by atoms with Crippen molar-refractivity contribution in [3.05, 3.63) is 42.0 Å². The number of hydrogen-bond donors (Lipinski definition) is 0. The van der Waals surface area contributed by atoms with Crippen LogP contribution in [0.2, 0.25) is 0 Å². The van der Waals surface area contributed by atoms with E-state index in [9.17, 15) is 0 Å². The topological polar surface area (TPSA) is 12.5 Å². The van der Waals surface area contributed by atoms with Gasteiger partial charge in [-0.15, -0.1) is 0 Å². The number of nitrogens with zero attached hydrogens (tertiary/aromatic N) is 1. The van der Waals surface area contributed by atoms with Crippen LogP contribution in [0.3, 0.4) is 0 Å². The molecule has 1 saturated carbocycles. The Hall–Kier alpha value is -1.28. The number of rotatable bonds is 4. The Morgan fingerprint density at radius 1 is 1.37 bits per heavy atom. The van der Waals surface area contributed by atoms with Crippen LogP contribution >= 0.6 is 0 Å². The fraction of sp³-hybridized carbons (Fsp3) is 0.529. The van der Waals surface area contributed by atoms with Crippen molar-refractivity contribution in [3.8, 4) is 5.75 Å². The highest BCUT2D eigenvalue weighted by molar-refractivity contribution is 5.32. The van der Waals surface area contributed by atoms with E-state index >= 15 is 0 Å². The molecular weight excluding hydrogens is 234 g/mol. The smallest absolute Gasteiger partial charge is 0.119 e. The van der Waals surface area contributed by atoms with Gasteiger partial charge in [0.1, 0.15) is 5.75 Å². The summed E-state index contributed by atoms with van der Waals surface area (Å²) in [6.07, 6.45) is 3.55. The van der Waals surface area contributed by atoms with Gasteiger partial charge in [0.2, 0.25) is 0 Å². The maximum atomic E-state index is 5.36. The maximum Gasteiger partial charge on any atom is 0.119 e. The third kappa shape index (κ3) is 3.60. The summed E-state index contributed by atoms with van der Waals surface area (Å²) in [5.74, 6) is 2.25. The zero-order valence-corrected chi connectivity index (χ0v) is 12.4. The van der Waals surface area contributed by atoms with Gasteiger partial charge in [-0.1, -0.05) is 24.3 Å². The summed E-state index contributed by atoms with van der Waals surface area (Å²) in [6, 6.07) is 8.53. The lowest BCUT2D eigenvalue weighted by atomic mass is 9.73. The molecule has 2 atom stereocenters. The lowest BCUT2D eigenvalue weighted by Crippen LogP contribution is -2.29. The van der Waals surface area contributed by atoms with Crippen LogP contribution in [0, 0.1) is 5.92 Å². The zero-order valence-electron chi connectivity index (χ0n) is 12.4. The molecule has 2 unspecified atom stereocenters. The molecule has 2 rings (SSSR count). The average molecular weight is 259 g/mol. The monoisotopic (exact) mass is 259 g/mol. The van der Waals surface area contributed by atoms with Crippen LogP contribution in [0.4, 0.5) is 0 Å². The predicted octanol–water partition coefficient (Wildman–Crippen LogP) is 3.70. The van der Waals surface area contributed by atoms with Gasteiger partial charge >= 0.3 is 0 Å². The zero-order chi connectivity index (χ0) is 13.8. The van der Waals surface area contributed by atoms with Crippen molar-refractivity contribution in [2.45, 2.75) is 25.2 Å². The molecule has 0 bridgehead atoms. The quantitative estimate of drug-likeness (QED) is 0.765. The Kier molecular flexibility index (Phi) is 4.65. The van der Waals surface area contributed by atoms with E-state index in [-0.39, 0.29) is 0 Å². The van der Waals surface area contributed by atoms with Crippen molar-refractivity contribution in [2.24, 2.45) is 5.92 Å². The Morgan fingerprint density at radius 2 is 2.16 bits per heavy atom. The Morgan fingerprint density at radius 3 is 2.84 bits per heavy atom. The van der Waals surface area contributed by atoms with E-state index in [2.05, 4.69) is 43.8 Å². The molecule has 1 aliphatic rings. The minimum absolute atomic E-state index is 0.582. The number of hydrogen-bond acceptors (Lipinski definition) is 2. The lowest BCUT2D eigenvalue weighted by Gasteiger charge is -2.35. The molecule has 1 fully saturated rings. The Labute approximate surface area is 117 Å². The number of benzene rings is 1. The van der Waals surface area contributed by atoms with Gasteiger partial charge in [0.25, 0.3) is 0 Å². The second-order valence-corrected chi connectivity index (χ2v) is 5.90. The number of allylic oxidation sites excluding steroid dienone is 1. The van der Waals surface area contributed by atoms with Crippen molar-refractivity contribution >= 4 is 0 Å². The lowest BCUT2D eigenvalue weighted by molar-refractivity contribution is 0.256. The van der Waals surface area contributed by atoms with Crippen LogP contribution in [0.5, 0.6) is 5.75 Å². The summed E-state index contributed by atoms with van der Waals surface area (Å²) in [7, 11) is 6.05. The predicted molar refractivity (Wildman–Crippen MR) is 80.8 cm³/mol. The van der Waals surface area contributed by atoms with E-state index in [1.807, 2.05) is 6.07 Å². The highest BCUT2D eigenvalue weighted by Gasteiger charge is 2.28. The summed E-state index contributed by atoms with van der Waals surface area (Å²) < 4.78 is 5.36. The van der Waals surface area contributed by atoms with Crippen molar-refractivity contribution in [3.63, 3.8) is 0 Å². The standard InChI is InChI=1S/C17H25NO/c1-13-8-9-15(12-18(2)3)17(10-13)14-6-5-7-16(11-14)19-4/h5-7,11,15,17H,1,8-10,12H2,2-4H3. The molecule has 0 radical (unpaired) electrons. The first kappa shape index (κ1) is 14.1. The van der Waals surface area contributed by atoms with Crippen molar-refractivity contribution < 1.29 is 4.74 Å². The van der Waals surface area contributed by atoms with Crippen molar-refractivity contribution in [1.29, 1.82) is 0 Å². The molecule has 0 saturated heterocycles. The summed E-state index contributed by atoms with van der Waals surface area (Å²) in [5, 5.41) is 0. The molecule has 0 spiro atoms. The van der Waals surface area contributed by atoms with Crippen LogP contribution in [0.25, 0.3) is 0 Å². The van der Waals surface area contributed by atoms with E-state index < -0.39 is 0 Å². The minimum atomic E-state index is 0.582. The normalized spacial score (nSPS) is 23.7. The van der Waals surface area contributed by atoms with Gasteiger partial charge in [-0.25, -0.2) is 0 Å². The second-order valence-electron chi connectivity index (χ2n) is 5.90.